The van der Waals surface area contributed by atoms with Gasteiger partial charge in [-0.3, -0.25) is 4.99 Å². The fourth-order valence-electron chi connectivity index (χ4n) is 3.59. The number of sulfonamides is 1. The third-order valence-electron chi connectivity index (χ3n) is 5.24. The lowest BCUT2D eigenvalue weighted by molar-refractivity contribution is 0.0200. The van der Waals surface area contributed by atoms with Crippen LogP contribution in [-0.2, 0) is 19.5 Å². The number of rotatable bonds is 10. The Morgan fingerprint density at radius 1 is 1.03 bits per heavy atom. The summed E-state index contributed by atoms with van der Waals surface area (Å²) in [5.74, 6) is 0.592. The monoisotopic (exact) mass is 546 g/mol. The average molecular weight is 547 g/mol. The number of guanidine groups is 1. The fraction of sp³-hybridized carbons (Fsp3) is 0.947. The number of hydrogen-bond donors (Lipinski definition) is 3. The van der Waals surface area contributed by atoms with Gasteiger partial charge in [0.05, 0.1) is 24.6 Å². The van der Waals surface area contributed by atoms with Crippen LogP contribution in [0, 0.1) is 0 Å². The summed E-state index contributed by atoms with van der Waals surface area (Å²) in [6.07, 6.45) is 10.9. The lowest BCUT2D eigenvalue weighted by atomic mass is 10.1. The molecule has 0 spiro atoms. The average Bonchev–Trinajstić information content (AvgIpc) is 2.98. The molecule has 10 heteroatoms. The van der Waals surface area contributed by atoms with E-state index in [-0.39, 0.29) is 35.8 Å². The molecule has 8 nitrogen and oxygen atoms in total. The van der Waals surface area contributed by atoms with E-state index in [1.807, 2.05) is 0 Å². The summed E-state index contributed by atoms with van der Waals surface area (Å²) in [6, 6.07) is 0. The number of aliphatic imine (C=N–C) groups is 1. The molecule has 0 radical (unpaired) electrons. The van der Waals surface area contributed by atoms with Crippen LogP contribution in [0.3, 0.4) is 0 Å². The smallest absolute Gasteiger partial charge is 0.213 e. The minimum Gasteiger partial charge on any atom is -0.377 e. The van der Waals surface area contributed by atoms with Crippen LogP contribution >= 0.6 is 24.0 Å². The van der Waals surface area contributed by atoms with Gasteiger partial charge in [0.2, 0.25) is 10.0 Å². The number of halogens is 1. The summed E-state index contributed by atoms with van der Waals surface area (Å²) in [5, 5.41) is 6.22. The fourth-order valence-corrected chi connectivity index (χ4v) is 4.54. The Hall–Kier alpha value is -0.170. The highest BCUT2D eigenvalue weighted by molar-refractivity contribution is 14.0. The highest BCUT2D eigenvalue weighted by Crippen LogP contribution is 2.19. The van der Waals surface area contributed by atoms with Gasteiger partial charge in [-0.05, 0) is 32.1 Å². The van der Waals surface area contributed by atoms with Gasteiger partial charge in [0.15, 0.2) is 5.96 Å². The third-order valence-corrected chi connectivity index (χ3v) is 6.59. The maximum Gasteiger partial charge on any atom is 0.213 e. The van der Waals surface area contributed by atoms with Crippen LogP contribution in [0.2, 0.25) is 0 Å². The van der Waals surface area contributed by atoms with Crippen molar-refractivity contribution in [3.63, 3.8) is 0 Å². The largest absolute Gasteiger partial charge is 0.377 e. The molecule has 0 aromatic carbocycles. The molecule has 1 saturated heterocycles. The van der Waals surface area contributed by atoms with Gasteiger partial charge >= 0.3 is 0 Å². The molecule has 1 aliphatic heterocycles. The standard InChI is InChI=1S/C19H38N4O4S.HI/c1-20-19(21-11-14-27-17-8-4-2-3-5-9-17)22-12-15-28(24,25)23-16-18-10-6-7-13-26-18;/h17-18,23H,2-16H2,1H3,(H2,20,21,22);1H. The highest BCUT2D eigenvalue weighted by Gasteiger charge is 2.17. The topological polar surface area (TPSA) is 101 Å². The summed E-state index contributed by atoms with van der Waals surface area (Å²) < 4.78 is 38.4. The Balaban J connectivity index is 0.00000420. The minimum absolute atomic E-state index is 0. The van der Waals surface area contributed by atoms with Gasteiger partial charge in [0.25, 0.3) is 0 Å². The van der Waals surface area contributed by atoms with Crippen molar-refractivity contribution < 1.29 is 17.9 Å². The van der Waals surface area contributed by atoms with E-state index in [2.05, 4.69) is 20.3 Å². The van der Waals surface area contributed by atoms with Crippen LogP contribution < -0.4 is 15.4 Å². The van der Waals surface area contributed by atoms with E-state index in [0.717, 1.165) is 38.7 Å². The molecule has 0 amide bonds. The molecule has 2 aliphatic rings. The van der Waals surface area contributed by atoms with Gasteiger partial charge in [-0.15, -0.1) is 24.0 Å². The number of ether oxygens (including phenoxy) is 2. The van der Waals surface area contributed by atoms with Crippen molar-refractivity contribution in [2.24, 2.45) is 4.99 Å². The zero-order valence-electron chi connectivity index (χ0n) is 17.7. The molecule has 0 bridgehead atoms. The second kappa shape index (κ2) is 15.6. The first-order valence-electron chi connectivity index (χ1n) is 10.7. The SMILES string of the molecule is CN=C(NCCOC1CCCCCC1)NCCS(=O)(=O)NCC1CCCCO1.I. The van der Waals surface area contributed by atoms with E-state index >= 15 is 0 Å². The van der Waals surface area contributed by atoms with Crippen molar-refractivity contribution in [1.82, 2.24) is 15.4 Å². The molecule has 1 atom stereocenters. The Bertz CT molecular complexity index is 548. The van der Waals surface area contributed by atoms with E-state index in [9.17, 15) is 8.42 Å². The van der Waals surface area contributed by atoms with E-state index < -0.39 is 10.0 Å². The molecule has 29 heavy (non-hydrogen) atoms. The molecule has 1 unspecified atom stereocenters. The van der Waals surface area contributed by atoms with Crippen molar-refractivity contribution in [2.75, 3.05) is 45.6 Å². The Kier molecular flexibility index (Phi) is 14.5. The van der Waals surface area contributed by atoms with E-state index in [4.69, 9.17) is 9.47 Å². The summed E-state index contributed by atoms with van der Waals surface area (Å²) in [6.45, 7) is 2.66. The van der Waals surface area contributed by atoms with Gasteiger partial charge in [0.1, 0.15) is 0 Å². The summed E-state index contributed by atoms with van der Waals surface area (Å²) in [4.78, 5) is 4.13. The minimum atomic E-state index is -3.33. The van der Waals surface area contributed by atoms with Crippen molar-refractivity contribution in [1.29, 1.82) is 0 Å². The van der Waals surface area contributed by atoms with Crippen LogP contribution in [-0.4, -0.2) is 72.2 Å². The highest BCUT2D eigenvalue weighted by atomic mass is 127. The maximum absolute atomic E-state index is 12.1. The van der Waals surface area contributed by atoms with Crippen molar-refractivity contribution in [3.8, 4) is 0 Å². The molecule has 0 aromatic rings. The van der Waals surface area contributed by atoms with Crippen molar-refractivity contribution in [3.05, 3.63) is 0 Å². The van der Waals surface area contributed by atoms with Crippen LogP contribution in [0.4, 0.5) is 0 Å². The van der Waals surface area contributed by atoms with Gasteiger partial charge in [-0.25, -0.2) is 13.1 Å². The molecule has 2 fully saturated rings. The van der Waals surface area contributed by atoms with Gasteiger partial charge in [-0.2, -0.15) is 0 Å². The van der Waals surface area contributed by atoms with Gasteiger partial charge in [-0.1, -0.05) is 25.7 Å². The predicted octanol–water partition coefficient (Wildman–Crippen LogP) is 2.00. The van der Waals surface area contributed by atoms with E-state index in [1.54, 1.807) is 7.05 Å². The second-order valence-electron chi connectivity index (χ2n) is 7.57. The van der Waals surface area contributed by atoms with Gasteiger partial charge in [0, 0.05) is 33.3 Å². The quantitative estimate of drug-likeness (QED) is 0.127. The van der Waals surface area contributed by atoms with E-state index in [0.29, 0.717) is 38.3 Å². The van der Waals surface area contributed by atoms with Crippen LogP contribution in [0.25, 0.3) is 0 Å². The molecule has 1 heterocycles. The maximum atomic E-state index is 12.1. The molecular weight excluding hydrogens is 507 g/mol. The molecular formula is C19H39IN4O4S. The third kappa shape index (κ3) is 12.3. The first-order valence-corrected chi connectivity index (χ1v) is 12.4. The summed E-state index contributed by atoms with van der Waals surface area (Å²) >= 11 is 0. The number of nitrogens with one attached hydrogen (secondary N) is 3. The number of nitrogens with zero attached hydrogens (tertiary/aromatic N) is 1. The Morgan fingerprint density at radius 3 is 2.38 bits per heavy atom. The predicted molar refractivity (Wildman–Crippen MR) is 128 cm³/mol. The first-order chi connectivity index (χ1) is 13.6. The molecule has 3 N–H and O–H groups in total. The first kappa shape index (κ1) is 26.9. The lowest BCUT2D eigenvalue weighted by Crippen LogP contribution is -2.43. The molecule has 0 aromatic heterocycles. The lowest BCUT2D eigenvalue weighted by Gasteiger charge is -2.22. The van der Waals surface area contributed by atoms with E-state index in [1.165, 1.54) is 25.7 Å². The Labute approximate surface area is 193 Å². The Morgan fingerprint density at radius 2 is 1.72 bits per heavy atom. The number of hydrogen-bond acceptors (Lipinski definition) is 5. The normalized spacial score (nSPS) is 21.8. The van der Waals surface area contributed by atoms with Crippen molar-refractivity contribution >= 4 is 40.0 Å². The molecule has 2 rings (SSSR count). The summed E-state index contributed by atoms with van der Waals surface area (Å²) in [5.41, 5.74) is 0. The van der Waals surface area contributed by atoms with Crippen LogP contribution in [0.15, 0.2) is 4.99 Å². The summed E-state index contributed by atoms with van der Waals surface area (Å²) in [7, 11) is -1.65. The second-order valence-corrected chi connectivity index (χ2v) is 9.49. The van der Waals surface area contributed by atoms with Crippen LogP contribution in [0.5, 0.6) is 0 Å². The van der Waals surface area contributed by atoms with Crippen molar-refractivity contribution in [2.45, 2.75) is 70.0 Å². The molecule has 1 saturated carbocycles. The molecule has 1 aliphatic carbocycles. The van der Waals surface area contributed by atoms with Gasteiger partial charge < -0.3 is 20.1 Å². The zero-order valence-corrected chi connectivity index (χ0v) is 20.8. The molecule has 172 valence electrons. The zero-order chi connectivity index (χ0) is 20.1. The van der Waals surface area contributed by atoms with Crippen LogP contribution in [0.1, 0.15) is 57.8 Å².